The number of methoxy groups -OCH3 is 1. The predicted octanol–water partition coefficient (Wildman–Crippen LogP) is 6.90. The summed E-state index contributed by atoms with van der Waals surface area (Å²) in [6.45, 7) is 4.79. The maximum atomic E-state index is 13.3. The predicted molar refractivity (Wildman–Crippen MR) is 208 cm³/mol. The van der Waals surface area contributed by atoms with Crippen molar-refractivity contribution in [2.45, 2.75) is 57.0 Å². The Morgan fingerprint density at radius 3 is 2.09 bits per heavy atom. The number of hydrogen-bond acceptors (Lipinski definition) is 7. The first kappa shape index (κ1) is 38.0. The molecule has 0 bridgehead atoms. The van der Waals surface area contributed by atoms with Crippen molar-refractivity contribution < 1.29 is 27.5 Å². The van der Waals surface area contributed by atoms with Crippen molar-refractivity contribution in [2.24, 2.45) is 5.73 Å². The molecule has 12 heteroatoms. The summed E-state index contributed by atoms with van der Waals surface area (Å²) < 4.78 is 45.8. The van der Waals surface area contributed by atoms with Gasteiger partial charge in [0.05, 0.1) is 36.2 Å². The van der Waals surface area contributed by atoms with Crippen molar-refractivity contribution in [2.75, 3.05) is 50.1 Å². The quantitative estimate of drug-likeness (QED) is 0.153. The van der Waals surface area contributed by atoms with Crippen LogP contribution >= 0.6 is 0 Å². The van der Waals surface area contributed by atoms with E-state index in [1.54, 1.807) is 25.3 Å². The van der Waals surface area contributed by atoms with E-state index in [4.69, 9.17) is 10.5 Å². The van der Waals surface area contributed by atoms with E-state index >= 15 is 0 Å². The first-order chi connectivity index (χ1) is 26.6. The number of nitrogens with two attached hydrogens (primary N) is 1. The number of alkyl halides is 3. The van der Waals surface area contributed by atoms with Crippen LogP contribution < -0.4 is 26.0 Å². The lowest BCUT2D eigenvalue weighted by atomic mass is 9.92. The van der Waals surface area contributed by atoms with E-state index in [0.29, 0.717) is 53.5 Å². The number of hydrogen-bond donors (Lipinski definition) is 3. The SMILES string of the molecule is COc1cccc2c1N(C1CCN(Cc3cccc(C(F)(F)F)c3)CC1)CC(C(N)=O)=C2Nc1ccc(C(=O)NC2CCN(Cc3ccccc3)CC2)cc1. The molecule has 0 saturated carbocycles. The summed E-state index contributed by atoms with van der Waals surface area (Å²) >= 11 is 0. The molecule has 0 atom stereocenters. The van der Waals surface area contributed by atoms with E-state index < -0.39 is 17.6 Å². The zero-order chi connectivity index (χ0) is 38.5. The number of carbonyl (C=O) groups excluding carboxylic acids is 2. The van der Waals surface area contributed by atoms with E-state index in [1.807, 2.05) is 36.4 Å². The summed E-state index contributed by atoms with van der Waals surface area (Å²) in [5.74, 6) is -0.00670. The minimum atomic E-state index is -4.38. The van der Waals surface area contributed by atoms with Gasteiger partial charge in [0.25, 0.3) is 5.91 Å². The molecule has 2 saturated heterocycles. The van der Waals surface area contributed by atoms with E-state index in [-0.39, 0.29) is 24.5 Å². The van der Waals surface area contributed by atoms with Crippen molar-refractivity contribution in [3.8, 4) is 5.75 Å². The van der Waals surface area contributed by atoms with Gasteiger partial charge in [0, 0.05) is 68.2 Å². The topological polar surface area (TPSA) is 103 Å². The number of nitrogens with zero attached hydrogens (tertiary/aromatic N) is 3. The number of likely N-dealkylation sites (tertiary alicyclic amines) is 2. The highest BCUT2D eigenvalue weighted by Crippen LogP contribution is 2.44. The smallest absolute Gasteiger partial charge is 0.416 e. The molecule has 0 spiro atoms. The molecule has 3 aliphatic rings. The largest absolute Gasteiger partial charge is 0.495 e. The minimum Gasteiger partial charge on any atom is -0.495 e. The molecule has 3 aliphatic heterocycles. The summed E-state index contributed by atoms with van der Waals surface area (Å²) in [5, 5.41) is 6.64. The molecular weight excluding hydrogens is 706 g/mol. The van der Waals surface area contributed by atoms with Crippen LogP contribution in [-0.2, 0) is 24.1 Å². The third-order valence-corrected chi connectivity index (χ3v) is 10.9. The highest BCUT2D eigenvalue weighted by atomic mass is 19.4. The van der Waals surface area contributed by atoms with Crippen LogP contribution in [0.25, 0.3) is 5.70 Å². The van der Waals surface area contributed by atoms with Crippen LogP contribution in [0.5, 0.6) is 5.75 Å². The molecule has 4 aromatic rings. The number of carbonyl (C=O) groups is 2. The third-order valence-electron chi connectivity index (χ3n) is 10.9. The molecule has 3 heterocycles. The Morgan fingerprint density at radius 1 is 0.800 bits per heavy atom. The Balaban J connectivity index is 1.01. The van der Waals surface area contributed by atoms with Crippen molar-refractivity contribution in [3.63, 3.8) is 0 Å². The lowest BCUT2D eigenvalue weighted by Crippen LogP contribution is -2.48. The third kappa shape index (κ3) is 8.98. The molecule has 288 valence electrons. The van der Waals surface area contributed by atoms with Crippen LogP contribution in [0, 0.1) is 0 Å². The maximum absolute atomic E-state index is 13.3. The molecule has 0 radical (unpaired) electrons. The second-order valence-corrected chi connectivity index (χ2v) is 14.6. The minimum absolute atomic E-state index is 0.0394. The normalized spacial score (nSPS) is 17.5. The number of primary amides is 1. The molecule has 9 nitrogen and oxygen atoms in total. The lowest BCUT2D eigenvalue weighted by Gasteiger charge is -2.43. The van der Waals surface area contributed by atoms with Crippen molar-refractivity contribution >= 4 is 28.9 Å². The number of piperidine rings is 2. The molecule has 0 aromatic heterocycles. The Labute approximate surface area is 319 Å². The molecular formula is C43H47F3N6O3. The second-order valence-electron chi connectivity index (χ2n) is 14.6. The van der Waals surface area contributed by atoms with Crippen molar-refractivity contribution in [3.05, 3.63) is 130 Å². The summed E-state index contributed by atoms with van der Waals surface area (Å²) in [7, 11) is 1.61. The van der Waals surface area contributed by atoms with Crippen molar-refractivity contribution in [1.82, 2.24) is 15.1 Å². The molecule has 2 fully saturated rings. The van der Waals surface area contributed by atoms with Crippen LogP contribution in [0.4, 0.5) is 24.5 Å². The summed E-state index contributed by atoms with van der Waals surface area (Å²) in [4.78, 5) is 33.1. The first-order valence-corrected chi connectivity index (χ1v) is 18.9. The number of ether oxygens (including phenoxy) is 1. The van der Waals surface area contributed by atoms with E-state index in [0.717, 1.165) is 62.6 Å². The highest BCUT2D eigenvalue weighted by Gasteiger charge is 2.36. The summed E-state index contributed by atoms with van der Waals surface area (Å²) in [6.07, 6.45) is -1.13. The number of halogens is 3. The van der Waals surface area contributed by atoms with Gasteiger partial charge in [-0.15, -0.1) is 0 Å². The van der Waals surface area contributed by atoms with Gasteiger partial charge in [0.1, 0.15) is 5.75 Å². The number of para-hydroxylation sites is 1. The van der Waals surface area contributed by atoms with Gasteiger partial charge in [-0.25, -0.2) is 0 Å². The fourth-order valence-corrected chi connectivity index (χ4v) is 8.02. The molecule has 7 rings (SSSR count). The van der Waals surface area contributed by atoms with Gasteiger partial charge in [-0.1, -0.05) is 60.7 Å². The fourth-order valence-electron chi connectivity index (χ4n) is 8.02. The zero-order valence-electron chi connectivity index (χ0n) is 30.9. The van der Waals surface area contributed by atoms with Crippen LogP contribution in [0.3, 0.4) is 0 Å². The lowest BCUT2D eigenvalue weighted by molar-refractivity contribution is -0.137. The molecule has 2 amide bonds. The van der Waals surface area contributed by atoms with Crippen molar-refractivity contribution in [1.29, 1.82) is 0 Å². The van der Waals surface area contributed by atoms with Crippen LogP contribution in [0.2, 0.25) is 0 Å². The highest BCUT2D eigenvalue weighted by molar-refractivity contribution is 6.07. The monoisotopic (exact) mass is 752 g/mol. The molecule has 0 unspecified atom stereocenters. The van der Waals surface area contributed by atoms with Crippen LogP contribution in [0.1, 0.15) is 58.3 Å². The fraction of sp³-hybridized carbons (Fsp3) is 0.349. The standard InChI is InChI=1S/C43H47F3N6O3/c1-55-38-12-6-11-36-39(48-33-15-13-31(14-16-33)42(54)49-34-17-21-50(22-18-34)26-29-7-3-2-4-8-29)37(41(47)53)28-52(40(36)38)35-19-23-51(24-20-35)27-30-9-5-10-32(25-30)43(44,45)46/h2-16,25,34-35,48H,17-24,26-28H2,1H3,(H2,47,53)(H,49,54). The van der Waals surface area contributed by atoms with Gasteiger partial charge in [0.2, 0.25) is 5.91 Å². The number of benzene rings is 4. The Bertz CT molecular complexity index is 2000. The summed E-state index contributed by atoms with van der Waals surface area (Å²) in [6, 6.07) is 29.0. The number of anilines is 2. The number of amides is 2. The van der Waals surface area contributed by atoms with E-state index in [9.17, 15) is 22.8 Å². The van der Waals surface area contributed by atoms with E-state index in [1.165, 1.54) is 17.7 Å². The Morgan fingerprint density at radius 2 is 1.44 bits per heavy atom. The van der Waals surface area contributed by atoms with Crippen LogP contribution in [-0.4, -0.2) is 73.5 Å². The maximum Gasteiger partial charge on any atom is 0.416 e. The average Bonchev–Trinajstić information content (AvgIpc) is 3.19. The number of fused-ring (bicyclic) bond motifs is 1. The van der Waals surface area contributed by atoms with Gasteiger partial charge in [-0.05, 0) is 73.2 Å². The zero-order valence-corrected chi connectivity index (χ0v) is 30.9. The first-order valence-electron chi connectivity index (χ1n) is 18.9. The Kier molecular flexibility index (Phi) is 11.4. The van der Waals surface area contributed by atoms with Gasteiger partial charge >= 0.3 is 6.18 Å². The summed E-state index contributed by atoms with van der Waals surface area (Å²) in [5.41, 5.74) is 11.2. The van der Waals surface area contributed by atoms with Gasteiger partial charge in [-0.2, -0.15) is 13.2 Å². The molecule has 4 N–H and O–H groups in total. The van der Waals surface area contributed by atoms with E-state index in [2.05, 4.69) is 49.6 Å². The Hall–Kier alpha value is -5.33. The average molecular weight is 753 g/mol. The van der Waals surface area contributed by atoms with Gasteiger partial charge in [-0.3, -0.25) is 19.4 Å². The van der Waals surface area contributed by atoms with Crippen LogP contribution in [0.15, 0.2) is 103 Å². The second kappa shape index (κ2) is 16.6. The van der Waals surface area contributed by atoms with Gasteiger partial charge in [0.15, 0.2) is 0 Å². The number of nitrogens with one attached hydrogen (secondary N) is 2. The number of rotatable bonds is 11. The molecule has 4 aromatic carbocycles. The molecule has 55 heavy (non-hydrogen) atoms. The molecule has 0 aliphatic carbocycles. The van der Waals surface area contributed by atoms with Gasteiger partial charge < -0.3 is 26.0 Å².